The second-order valence-electron chi connectivity index (χ2n) is 5.99. The highest BCUT2D eigenvalue weighted by molar-refractivity contribution is 5.42. The van der Waals surface area contributed by atoms with Crippen molar-refractivity contribution >= 4 is 0 Å². The van der Waals surface area contributed by atoms with Crippen molar-refractivity contribution in [1.29, 1.82) is 0 Å². The number of aliphatic hydroxyl groups is 1. The molecule has 1 aliphatic heterocycles. The molecule has 110 valence electrons. The van der Waals surface area contributed by atoms with E-state index in [-0.39, 0.29) is 6.10 Å². The fourth-order valence-corrected chi connectivity index (χ4v) is 3.32. The van der Waals surface area contributed by atoms with Gasteiger partial charge in [-0.2, -0.15) is 0 Å². The van der Waals surface area contributed by atoms with Gasteiger partial charge in [0.2, 0.25) is 0 Å². The van der Waals surface area contributed by atoms with Crippen molar-refractivity contribution in [2.24, 2.45) is 11.8 Å². The molecule has 4 nitrogen and oxygen atoms in total. The lowest BCUT2D eigenvalue weighted by molar-refractivity contribution is -0.00435. The smallest absolute Gasteiger partial charge is 0.161 e. The molecule has 0 bridgehead atoms. The third kappa shape index (κ3) is 2.63. The lowest BCUT2D eigenvalue weighted by Crippen LogP contribution is -2.39. The molecule has 1 heterocycles. The third-order valence-corrected chi connectivity index (χ3v) is 4.59. The van der Waals surface area contributed by atoms with E-state index in [4.69, 9.17) is 9.47 Å². The molecule has 0 unspecified atom stereocenters. The van der Waals surface area contributed by atoms with Crippen LogP contribution in [-0.4, -0.2) is 49.5 Å². The maximum atomic E-state index is 9.66. The number of rotatable bonds is 5. The van der Waals surface area contributed by atoms with Gasteiger partial charge < -0.3 is 14.6 Å². The van der Waals surface area contributed by atoms with Gasteiger partial charge >= 0.3 is 0 Å². The summed E-state index contributed by atoms with van der Waals surface area (Å²) >= 11 is 0. The van der Waals surface area contributed by atoms with E-state index in [0.29, 0.717) is 18.4 Å². The Balaban J connectivity index is 1.48. The first-order valence-corrected chi connectivity index (χ1v) is 7.35. The van der Waals surface area contributed by atoms with Gasteiger partial charge in [-0.3, -0.25) is 4.90 Å². The van der Waals surface area contributed by atoms with E-state index in [9.17, 15) is 5.11 Å². The molecule has 0 radical (unpaired) electrons. The van der Waals surface area contributed by atoms with Crippen LogP contribution in [0.5, 0.6) is 11.5 Å². The summed E-state index contributed by atoms with van der Waals surface area (Å²) in [5.41, 5.74) is 1.17. The number of benzene rings is 1. The maximum Gasteiger partial charge on any atom is 0.161 e. The molecule has 1 saturated carbocycles. The summed E-state index contributed by atoms with van der Waals surface area (Å²) in [5.74, 6) is 2.81. The van der Waals surface area contributed by atoms with Gasteiger partial charge in [0.05, 0.1) is 13.2 Å². The Morgan fingerprint density at radius 3 is 2.85 bits per heavy atom. The third-order valence-electron chi connectivity index (χ3n) is 4.59. The Labute approximate surface area is 120 Å². The van der Waals surface area contributed by atoms with Crippen molar-refractivity contribution in [3.63, 3.8) is 0 Å². The first-order chi connectivity index (χ1) is 9.67. The number of hydrogen-bond donors (Lipinski definition) is 1. The van der Waals surface area contributed by atoms with Gasteiger partial charge in [-0.25, -0.2) is 0 Å². The average Bonchev–Trinajstić information content (AvgIpc) is 2.77. The Hall–Kier alpha value is -1.26. The predicted octanol–water partition coefficient (Wildman–Crippen LogP) is 1.70. The lowest BCUT2D eigenvalue weighted by atomic mass is 9.74. The summed E-state index contributed by atoms with van der Waals surface area (Å²) in [6.07, 6.45) is 0.913. The zero-order valence-corrected chi connectivity index (χ0v) is 12.2. The second kappa shape index (κ2) is 5.62. The molecular weight excluding hydrogens is 254 g/mol. The summed E-state index contributed by atoms with van der Waals surface area (Å²) in [4.78, 5) is 2.40. The van der Waals surface area contributed by atoms with Gasteiger partial charge in [0.25, 0.3) is 0 Å². The van der Waals surface area contributed by atoms with Gasteiger partial charge in [0.15, 0.2) is 11.5 Å². The molecule has 3 atom stereocenters. The van der Waals surface area contributed by atoms with Crippen LogP contribution in [0.1, 0.15) is 12.0 Å². The maximum absolute atomic E-state index is 9.66. The van der Waals surface area contributed by atoms with Gasteiger partial charge in [0.1, 0.15) is 6.61 Å². The van der Waals surface area contributed by atoms with Crippen LogP contribution in [0.4, 0.5) is 0 Å². The summed E-state index contributed by atoms with van der Waals surface area (Å²) in [7, 11) is 1.67. The number of fused-ring (bicyclic) bond motifs is 1. The van der Waals surface area contributed by atoms with E-state index in [1.807, 2.05) is 25.1 Å². The van der Waals surface area contributed by atoms with Crippen molar-refractivity contribution in [3.8, 4) is 11.5 Å². The number of ether oxygens (including phenoxy) is 2. The second-order valence-corrected chi connectivity index (χ2v) is 5.99. The Morgan fingerprint density at radius 2 is 2.15 bits per heavy atom. The summed E-state index contributed by atoms with van der Waals surface area (Å²) < 4.78 is 11.2. The van der Waals surface area contributed by atoms with E-state index in [1.165, 1.54) is 5.56 Å². The standard InChI is InChI=1S/C16H23NO3/c1-11-3-4-15(16(7-11)19-2)20-6-5-17-9-12-8-14(18)13(12)10-17/h3-4,7,12-14,18H,5-6,8-10H2,1-2H3/t12-,13+,14+/m1/s1. The molecule has 3 rings (SSSR count). The Bertz CT molecular complexity index is 477. The molecule has 1 saturated heterocycles. The number of hydrogen-bond acceptors (Lipinski definition) is 4. The van der Waals surface area contributed by atoms with Crippen molar-refractivity contribution < 1.29 is 14.6 Å². The normalized spacial score (nSPS) is 28.9. The van der Waals surface area contributed by atoms with Crippen LogP contribution in [0.3, 0.4) is 0 Å². The molecular formula is C16H23NO3. The van der Waals surface area contributed by atoms with Crippen LogP contribution >= 0.6 is 0 Å². The topological polar surface area (TPSA) is 41.9 Å². The van der Waals surface area contributed by atoms with E-state index in [2.05, 4.69) is 4.90 Å². The van der Waals surface area contributed by atoms with Crippen LogP contribution in [-0.2, 0) is 0 Å². The fourth-order valence-electron chi connectivity index (χ4n) is 3.32. The summed E-state index contributed by atoms with van der Waals surface area (Å²) in [5, 5.41) is 9.66. The van der Waals surface area contributed by atoms with Gasteiger partial charge in [-0.15, -0.1) is 0 Å². The number of aliphatic hydroxyl groups excluding tert-OH is 1. The molecule has 1 N–H and O–H groups in total. The summed E-state index contributed by atoms with van der Waals surface area (Å²) in [6, 6.07) is 5.98. The van der Waals surface area contributed by atoms with E-state index in [0.717, 1.165) is 37.6 Å². The first-order valence-electron chi connectivity index (χ1n) is 7.35. The van der Waals surface area contributed by atoms with Crippen molar-refractivity contribution in [1.82, 2.24) is 4.90 Å². The molecule has 4 heteroatoms. The van der Waals surface area contributed by atoms with Crippen LogP contribution in [0, 0.1) is 18.8 Å². The number of aryl methyl sites for hydroxylation is 1. The van der Waals surface area contributed by atoms with Gasteiger partial charge in [-0.1, -0.05) is 6.07 Å². The zero-order chi connectivity index (χ0) is 14.1. The monoisotopic (exact) mass is 277 g/mol. The van der Waals surface area contributed by atoms with E-state index < -0.39 is 0 Å². The quantitative estimate of drug-likeness (QED) is 0.889. The molecule has 2 aliphatic rings. The van der Waals surface area contributed by atoms with Crippen LogP contribution in [0.15, 0.2) is 18.2 Å². The van der Waals surface area contributed by atoms with Crippen LogP contribution in [0.25, 0.3) is 0 Å². The zero-order valence-electron chi connectivity index (χ0n) is 12.2. The van der Waals surface area contributed by atoms with E-state index >= 15 is 0 Å². The van der Waals surface area contributed by atoms with Crippen LogP contribution < -0.4 is 9.47 Å². The minimum Gasteiger partial charge on any atom is -0.493 e. The van der Waals surface area contributed by atoms with E-state index in [1.54, 1.807) is 7.11 Å². The van der Waals surface area contributed by atoms with Crippen molar-refractivity contribution in [2.75, 3.05) is 33.4 Å². The number of nitrogens with zero attached hydrogens (tertiary/aromatic N) is 1. The van der Waals surface area contributed by atoms with Crippen LogP contribution in [0.2, 0.25) is 0 Å². The molecule has 0 aromatic heterocycles. The highest BCUT2D eigenvalue weighted by Gasteiger charge is 2.45. The highest BCUT2D eigenvalue weighted by atomic mass is 16.5. The fraction of sp³-hybridized carbons (Fsp3) is 0.625. The molecule has 1 aromatic carbocycles. The lowest BCUT2D eigenvalue weighted by Gasteiger charge is -2.35. The molecule has 1 aliphatic carbocycles. The predicted molar refractivity (Wildman–Crippen MR) is 77.3 cm³/mol. The Morgan fingerprint density at radius 1 is 1.30 bits per heavy atom. The molecule has 20 heavy (non-hydrogen) atoms. The molecule has 0 spiro atoms. The van der Waals surface area contributed by atoms with Crippen molar-refractivity contribution in [2.45, 2.75) is 19.4 Å². The average molecular weight is 277 g/mol. The molecule has 2 fully saturated rings. The molecule has 0 amide bonds. The SMILES string of the molecule is COc1cc(C)ccc1OCCN1C[C@H]2C[C@H](O)[C@H]2C1. The highest BCUT2D eigenvalue weighted by Crippen LogP contribution is 2.40. The first kappa shape index (κ1) is 13.7. The number of methoxy groups -OCH3 is 1. The minimum absolute atomic E-state index is 0.0666. The number of likely N-dealkylation sites (tertiary alicyclic amines) is 1. The largest absolute Gasteiger partial charge is 0.493 e. The van der Waals surface area contributed by atoms with Gasteiger partial charge in [-0.05, 0) is 37.0 Å². The molecule has 1 aromatic rings. The Kier molecular flexibility index (Phi) is 3.85. The minimum atomic E-state index is -0.0666. The summed E-state index contributed by atoms with van der Waals surface area (Å²) in [6.45, 7) is 5.74. The van der Waals surface area contributed by atoms with Gasteiger partial charge in [0, 0.05) is 25.6 Å². The van der Waals surface area contributed by atoms with Crippen molar-refractivity contribution in [3.05, 3.63) is 23.8 Å².